The number of aliphatic carboxylic acids is 2. The Morgan fingerprint density at radius 2 is 1.01 bits per heavy atom. The van der Waals surface area contributed by atoms with Crippen molar-refractivity contribution in [2.45, 2.75) is 227 Å². The third kappa shape index (κ3) is 29.0. The number of carbonyl (C=O) groups excluding carboxylic acids is 18. The van der Waals surface area contributed by atoms with E-state index in [0.29, 0.717) is 63.1 Å². The number of phenolic OH excluding ortho intramolecular Hbond substituents is 1. The van der Waals surface area contributed by atoms with Gasteiger partial charge in [0.1, 0.15) is 90.3 Å². The van der Waals surface area contributed by atoms with Crippen molar-refractivity contribution in [1.29, 1.82) is 0 Å². The minimum absolute atomic E-state index is 0.102. The molecule has 15 atom stereocenters. The lowest BCUT2D eigenvalue weighted by Crippen LogP contribution is -2.61. The van der Waals surface area contributed by atoms with Crippen molar-refractivity contribution in [3.05, 3.63) is 120 Å². The topological polar surface area (TPSA) is 697 Å². The molecule has 0 bridgehead atoms. The van der Waals surface area contributed by atoms with E-state index in [1.165, 1.54) is 71.1 Å². The second kappa shape index (κ2) is 49.4. The molecule has 0 aliphatic carbocycles. The largest absolute Gasteiger partial charge is 0.508 e. The number of aliphatic hydroxyl groups excluding tert-OH is 1. The number of aromatic nitrogens is 4. The highest BCUT2D eigenvalue weighted by Gasteiger charge is 2.47. The number of nitrogens with two attached hydrogens (primary N) is 3. The van der Waals surface area contributed by atoms with E-state index in [0.717, 1.165) is 24.5 Å². The normalized spacial score (nSPS) is 24.6. The average Bonchev–Trinajstić information content (AvgIpc) is 1.67. The number of amides is 18. The van der Waals surface area contributed by atoms with Crippen molar-refractivity contribution >= 4 is 152 Å². The average molecular weight is 1910 g/mol. The van der Waals surface area contributed by atoms with E-state index in [4.69, 9.17) is 17.2 Å². The molecule has 0 saturated carbocycles. The fourth-order valence-electron chi connectivity index (χ4n) is 16.4. The molecule has 9 rings (SSSR count). The van der Waals surface area contributed by atoms with Gasteiger partial charge in [0.25, 0.3) is 0 Å². The number of carboxylic acids is 2. The van der Waals surface area contributed by atoms with Crippen LogP contribution in [0.15, 0.2) is 97.7 Å². The first kappa shape index (κ1) is 105. The highest BCUT2D eigenvalue weighted by Crippen LogP contribution is 2.28. The SMILES string of the molecule is CCCC[C@H]1C(=O)N(C)[C@@H](CCCC)C(=O)N[C@@H](CCC(=O)O)C(=O)NC(C(=O)NCC(N)=O)CSCC(=O)N[C@@H](Cc2ccc(O)cc2)C(=O)N(C)[C@@H](C)C(=O)N[C@@H](CC(N)=O)C(=O)N2CCC[C@H]2C(=O)N[C@@H](Cc2c[nH]cn2)C(=O)N[C@@H](CC(N)=O)C(=O)N2C[C@H](O)C[C@H]2C(=O)N[C@@H](Cc2c[nH]c3ccccc23)C(=O)N[C@@H](CC(=O)O)C(=O)N[C@@H](Cc2c[nH]c3ccccc23)C(=O)N1C. The fraction of sp³-hybridized carbons (Fsp3) is 0.494. The maximum atomic E-state index is 15.8. The van der Waals surface area contributed by atoms with E-state index >= 15 is 33.6 Å². The smallest absolute Gasteiger partial charge is 0.305 e. The van der Waals surface area contributed by atoms with Crippen molar-refractivity contribution in [3.8, 4) is 5.75 Å². The Morgan fingerprint density at radius 3 is 1.58 bits per heavy atom. The summed E-state index contributed by atoms with van der Waals surface area (Å²) in [5, 5.41) is 68.3. The standard InChI is InChI=1S/C89H118N22O24S/c1-7-9-20-66-82(128)99-57(27-28-74(118)119)78(124)106-65(77(123)96-41-72(92)116)43-136-44-73(117)98-61(30-47-23-25-51(112)26-24-47)85(131)107(4)46(3)76(122)103-63(35-70(90)114)87(133)110-29-15-22-67(110)83(129)102-59(33-50-40-93-45-97-50)80(126)105-64(36-71(91)115)88(134)111-42-52(113)34-69(111)84(130)101-58(31-48-38-94-55-18-13-11-16-53(48)55)79(125)100-60(37-75(120)121)81(127)104-62(32-49-39-95-56-19-14-12-17-54(49)56)86(132)109(6)68(21-10-8-2)89(135)108(66)5/h11-14,16-19,23-26,38-40,45-46,52,57-69,94-95,112-113H,7-10,15,20-22,27-37,41-44H2,1-6H3,(H2,90,114)(H2,91,115)(H2,92,116)(H,93,97)(H,96,123)(H,98,117)(H,99,128)(H,100,125)(H,101,130)(H,102,129)(H,103,122)(H,104,127)(H,105,126)(H,106,124)(H,118,119)(H,120,121)/t46-,52+,57-,58-,59-,60-,61-,62-,63-,64-,65?,66-,67-,68-,69-/m0/s1. The fourth-order valence-corrected chi connectivity index (χ4v) is 17.3. The van der Waals surface area contributed by atoms with Crippen LogP contribution in [-0.4, -0.2) is 326 Å². The summed E-state index contributed by atoms with van der Waals surface area (Å²) in [7, 11) is 3.67. The number of likely N-dealkylation sites (N-methyl/N-ethyl adjacent to an activating group) is 3. The van der Waals surface area contributed by atoms with Crippen LogP contribution in [0.5, 0.6) is 5.75 Å². The van der Waals surface area contributed by atoms with Crippen LogP contribution in [0.4, 0.5) is 0 Å². The van der Waals surface area contributed by atoms with Gasteiger partial charge >= 0.3 is 11.9 Å². The van der Waals surface area contributed by atoms with Gasteiger partial charge in [-0.2, -0.15) is 0 Å². The first-order valence-electron chi connectivity index (χ1n) is 44.5. The van der Waals surface area contributed by atoms with Crippen molar-refractivity contribution in [2.75, 3.05) is 52.3 Å². The molecule has 3 aromatic carbocycles. The lowest BCUT2D eigenvalue weighted by Gasteiger charge is -2.36. The molecule has 47 heteroatoms. The van der Waals surface area contributed by atoms with Crippen molar-refractivity contribution < 1.29 is 116 Å². The number of phenols is 1. The molecule has 3 aromatic heterocycles. The van der Waals surface area contributed by atoms with Gasteiger partial charge in [0.05, 0.1) is 49.7 Å². The zero-order valence-corrected chi connectivity index (χ0v) is 76.8. The van der Waals surface area contributed by atoms with Gasteiger partial charge in [-0.25, -0.2) is 4.98 Å². The lowest BCUT2D eigenvalue weighted by molar-refractivity contribution is -0.149. The van der Waals surface area contributed by atoms with Gasteiger partial charge in [-0.05, 0) is 80.0 Å². The molecule has 0 radical (unpaired) electrons. The number of hydrogen-bond acceptors (Lipinski definition) is 24. The maximum absolute atomic E-state index is 15.8. The van der Waals surface area contributed by atoms with Crippen LogP contribution in [0.25, 0.3) is 21.8 Å². The number of fused-ring (bicyclic) bond motifs is 4. The number of imidazole rings is 1. The molecule has 3 saturated heterocycles. The number of hydrogen-bond donors (Lipinski definition) is 20. The van der Waals surface area contributed by atoms with Gasteiger partial charge < -0.3 is 130 Å². The molecule has 6 aromatic rings. The second-order valence-electron chi connectivity index (χ2n) is 33.9. The number of nitrogens with one attached hydrogen (secondary N) is 13. The highest BCUT2D eigenvalue weighted by molar-refractivity contribution is 8.00. The van der Waals surface area contributed by atoms with Crippen molar-refractivity contribution in [3.63, 3.8) is 0 Å². The molecule has 46 nitrogen and oxygen atoms in total. The monoisotopic (exact) mass is 1910 g/mol. The molecule has 734 valence electrons. The molecule has 3 aliphatic heterocycles. The van der Waals surface area contributed by atoms with E-state index in [9.17, 15) is 82.8 Å². The number of nitrogens with zero attached hydrogens (tertiary/aromatic N) is 6. The number of aromatic hydroxyl groups is 1. The minimum atomic E-state index is -2.12. The zero-order chi connectivity index (χ0) is 99.5. The number of para-hydroxylation sites is 2. The minimum Gasteiger partial charge on any atom is -0.508 e. The molecule has 6 heterocycles. The van der Waals surface area contributed by atoms with Gasteiger partial charge in [0.15, 0.2) is 0 Å². The molecule has 136 heavy (non-hydrogen) atoms. The van der Waals surface area contributed by atoms with E-state index in [-0.39, 0.29) is 69.4 Å². The number of aromatic amines is 3. The van der Waals surface area contributed by atoms with Crippen LogP contribution < -0.4 is 70.4 Å². The highest BCUT2D eigenvalue weighted by atomic mass is 32.2. The molecule has 18 amide bonds. The van der Waals surface area contributed by atoms with Gasteiger partial charge in [-0.1, -0.05) is 88.1 Å². The number of carboxylic acid groups (broad SMARTS) is 2. The molecular formula is C89H118N22O24S. The predicted molar refractivity (Wildman–Crippen MR) is 487 cm³/mol. The van der Waals surface area contributed by atoms with Crippen LogP contribution in [0, 0.1) is 0 Å². The summed E-state index contributed by atoms with van der Waals surface area (Å²) in [6.07, 6.45) is -1.45. The predicted octanol–water partition coefficient (Wildman–Crippen LogP) is -4.02. The Morgan fingerprint density at radius 1 is 0.500 bits per heavy atom. The Kier molecular flexibility index (Phi) is 38.2. The quantitative estimate of drug-likeness (QED) is 0.0246. The van der Waals surface area contributed by atoms with Crippen molar-refractivity contribution in [2.24, 2.45) is 17.2 Å². The third-order valence-electron chi connectivity index (χ3n) is 23.9. The number of aliphatic hydroxyl groups is 1. The zero-order valence-electron chi connectivity index (χ0n) is 75.9. The number of benzene rings is 3. The number of carbonyl (C=O) groups is 20. The molecular weight excluding hydrogens is 1790 g/mol. The Balaban J connectivity index is 1.11. The van der Waals surface area contributed by atoms with E-state index in [2.05, 4.69) is 73.1 Å². The summed E-state index contributed by atoms with van der Waals surface area (Å²) in [6.45, 7) is 3.14. The van der Waals surface area contributed by atoms with Crippen LogP contribution in [-0.2, 0) is 122 Å². The molecule has 3 aliphatic rings. The van der Waals surface area contributed by atoms with Crippen LogP contribution >= 0.6 is 11.8 Å². The maximum Gasteiger partial charge on any atom is 0.305 e. The second-order valence-corrected chi connectivity index (χ2v) is 34.9. The molecule has 3 fully saturated rings. The summed E-state index contributed by atoms with van der Waals surface area (Å²) >= 11 is 0.683. The van der Waals surface area contributed by atoms with Crippen LogP contribution in [0.1, 0.15) is 133 Å². The summed E-state index contributed by atoms with van der Waals surface area (Å²) < 4.78 is 0. The number of H-pyrrole nitrogens is 3. The van der Waals surface area contributed by atoms with Gasteiger partial charge in [0, 0.05) is 119 Å². The molecule has 23 N–H and O–H groups in total. The number of thioether (sulfide) groups is 1. The number of primary amides is 3. The molecule has 1 unspecified atom stereocenters. The van der Waals surface area contributed by atoms with Crippen molar-refractivity contribution in [1.82, 2.24) is 97.6 Å². The number of rotatable bonds is 26. The summed E-state index contributed by atoms with van der Waals surface area (Å²) in [4.78, 5) is 306. The lowest BCUT2D eigenvalue weighted by atomic mass is 9.99. The van der Waals surface area contributed by atoms with Gasteiger partial charge in [-0.3, -0.25) is 95.9 Å². The van der Waals surface area contributed by atoms with Gasteiger partial charge in [-0.15, -0.1) is 11.8 Å². The first-order valence-corrected chi connectivity index (χ1v) is 45.6. The molecule has 0 spiro atoms. The van der Waals surface area contributed by atoms with Crippen LogP contribution in [0.2, 0.25) is 0 Å². The third-order valence-corrected chi connectivity index (χ3v) is 24.9. The Hall–Kier alpha value is -14.5. The first-order chi connectivity index (χ1) is 64.6. The summed E-state index contributed by atoms with van der Waals surface area (Å²) in [6, 6.07) is -5.26. The van der Waals surface area contributed by atoms with Crippen LogP contribution in [0.3, 0.4) is 0 Å². The van der Waals surface area contributed by atoms with E-state index in [1.54, 1.807) is 68.6 Å². The summed E-state index contributed by atoms with van der Waals surface area (Å²) in [5.41, 5.74) is 19.2. The Bertz CT molecular complexity index is 5380. The van der Waals surface area contributed by atoms with E-state index < -0.39 is 285 Å². The number of unbranched alkanes of at least 4 members (excludes halogenated alkanes) is 2. The summed E-state index contributed by atoms with van der Waals surface area (Å²) in [5.74, 6) is -24.0. The Labute approximate surface area is 784 Å². The van der Waals surface area contributed by atoms with Gasteiger partial charge in [0.2, 0.25) is 106 Å². The van der Waals surface area contributed by atoms with E-state index in [1.807, 2.05) is 0 Å².